The molecule has 0 unspecified atom stereocenters. The van der Waals surface area contributed by atoms with Crippen molar-refractivity contribution in [1.82, 2.24) is 4.90 Å². The van der Waals surface area contributed by atoms with Gasteiger partial charge in [0.2, 0.25) is 0 Å². The van der Waals surface area contributed by atoms with E-state index in [1.807, 2.05) is 21.7 Å². The van der Waals surface area contributed by atoms with Crippen molar-refractivity contribution >= 4 is 25.4 Å². The minimum Gasteiger partial charge on any atom is -0.300 e. The molecule has 0 fully saturated rings. The fourth-order valence-corrected chi connectivity index (χ4v) is 2.21. The van der Waals surface area contributed by atoms with Crippen LogP contribution < -0.4 is 0 Å². The molecular formula is C15H18BNO3. The molecule has 1 aromatic rings. The Kier molecular flexibility index (Phi) is 3.79. The molecule has 0 saturated carbocycles. The van der Waals surface area contributed by atoms with Crippen LogP contribution in [-0.2, 0) is 4.79 Å². The van der Waals surface area contributed by atoms with Crippen LogP contribution in [0.1, 0.15) is 47.4 Å². The van der Waals surface area contributed by atoms with Gasteiger partial charge in [0.25, 0.3) is 11.8 Å². The Bertz CT molecular complexity index is 540. The molecule has 0 saturated heterocycles. The van der Waals surface area contributed by atoms with Crippen LogP contribution in [0.4, 0.5) is 0 Å². The van der Waals surface area contributed by atoms with Crippen molar-refractivity contribution in [3.05, 3.63) is 35.4 Å². The average molecular weight is 271 g/mol. The van der Waals surface area contributed by atoms with Gasteiger partial charge in [-0.15, -0.1) is 0 Å². The largest absolute Gasteiger partial charge is 0.300 e. The molecule has 1 heterocycles. The normalized spacial score (nSPS) is 14.6. The van der Waals surface area contributed by atoms with Gasteiger partial charge in [-0.05, 0) is 23.9 Å². The molecule has 1 aliphatic heterocycles. The summed E-state index contributed by atoms with van der Waals surface area (Å²) in [5, 5.41) is -0.373. The van der Waals surface area contributed by atoms with E-state index in [-0.39, 0.29) is 22.9 Å². The molecule has 0 atom stereocenters. The van der Waals surface area contributed by atoms with Gasteiger partial charge in [-0.25, -0.2) is 0 Å². The number of nitrogens with zero attached hydrogens (tertiary/aromatic N) is 1. The van der Waals surface area contributed by atoms with E-state index in [2.05, 4.69) is 0 Å². The second-order valence-corrected chi connectivity index (χ2v) is 6.08. The van der Waals surface area contributed by atoms with Crippen LogP contribution in [0.2, 0.25) is 5.31 Å². The molecule has 104 valence electrons. The van der Waals surface area contributed by atoms with Gasteiger partial charge in [0.05, 0.1) is 11.1 Å². The Balaban J connectivity index is 1.98. The number of hydrogen-bond acceptors (Lipinski definition) is 3. The standard InChI is InChI=1S/C15H18BNO3/c1-15(2,16)12(18)8-5-9-17-13(19)10-6-3-4-7-11(10)14(17)20/h3-4,6-7H,5,8-9,16H2,1-2H3. The number of benzene rings is 1. The third kappa shape index (κ3) is 2.67. The lowest BCUT2D eigenvalue weighted by Crippen LogP contribution is -2.31. The van der Waals surface area contributed by atoms with Crippen molar-refractivity contribution in [2.75, 3.05) is 6.54 Å². The highest BCUT2D eigenvalue weighted by molar-refractivity contribution is 6.27. The second kappa shape index (κ2) is 5.23. The molecule has 0 bridgehead atoms. The van der Waals surface area contributed by atoms with E-state index in [1.54, 1.807) is 24.3 Å². The van der Waals surface area contributed by atoms with Crippen LogP contribution in [0.5, 0.6) is 0 Å². The minimum absolute atomic E-state index is 0.147. The van der Waals surface area contributed by atoms with Crippen LogP contribution in [-0.4, -0.2) is 36.9 Å². The van der Waals surface area contributed by atoms with E-state index in [9.17, 15) is 14.4 Å². The SMILES string of the molecule is BC(C)(C)C(=O)CCCN1C(=O)c2ccccc2C1=O. The summed E-state index contributed by atoms with van der Waals surface area (Å²) in [6.45, 7) is 4.04. The first-order valence-electron chi connectivity index (χ1n) is 6.81. The fraction of sp³-hybridized carbons (Fsp3) is 0.400. The first-order chi connectivity index (χ1) is 9.32. The van der Waals surface area contributed by atoms with E-state index in [0.717, 1.165) is 0 Å². The predicted octanol–water partition coefficient (Wildman–Crippen LogP) is 1.46. The Morgan fingerprint density at radius 3 is 2.10 bits per heavy atom. The molecule has 2 amide bonds. The number of carbonyl (C=O) groups excluding carboxylic acids is 3. The van der Waals surface area contributed by atoms with Crippen LogP contribution in [0.3, 0.4) is 0 Å². The van der Waals surface area contributed by atoms with Crippen molar-refractivity contribution in [1.29, 1.82) is 0 Å². The number of amides is 2. The third-order valence-electron chi connectivity index (χ3n) is 3.50. The van der Waals surface area contributed by atoms with Crippen LogP contribution in [0.15, 0.2) is 24.3 Å². The molecule has 0 N–H and O–H groups in total. The zero-order valence-corrected chi connectivity index (χ0v) is 12.1. The molecule has 20 heavy (non-hydrogen) atoms. The van der Waals surface area contributed by atoms with E-state index >= 15 is 0 Å². The van der Waals surface area contributed by atoms with Crippen molar-refractivity contribution < 1.29 is 14.4 Å². The number of hydrogen-bond donors (Lipinski definition) is 0. The lowest BCUT2D eigenvalue weighted by Gasteiger charge is -2.18. The van der Waals surface area contributed by atoms with Crippen LogP contribution in [0, 0.1) is 0 Å². The Labute approximate surface area is 119 Å². The van der Waals surface area contributed by atoms with Gasteiger partial charge < -0.3 is 0 Å². The molecule has 1 aliphatic rings. The maximum atomic E-state index is 12.1. The van der Waals surface area contributed by atoms with E-state index < -0.39 is 0 Å². The number of fused-ring (bicyclic) bond motifs is 1. The van der Waals surface area contributed by atoms with E-state index in [0.29, 0.717) is 30.5 Å². The summed E-state index contributed by atoms with van der Waals surface area (Å²) in [6.07, 6.45) is 0.901. The van der Waals surface area contributed by atoms with Gasteiger partial charge in [-0.1, -0.05) is 26.0 Å². The number of carbonyl (C=O) groups is 3. The Morgan fingerprint density at radius 1 is 1.15 bits per heavy atom. The first-order valence-corrected chi connectivity index (χ1v) is 6.81. The first kappa shape index (κ1) is 14.5. The van der Waals surface area contributed by atoms with E-state index in [1.165, 1.54) is 4.90 Å². The van der Waals surface area contributed by atoms with Crippen molar-refractivity contribution in [3.63, 3.8) is 0 Å². The fourth-order valence-electron chi connectivity index (χ4n) is 2.21. The van der Waals surface area contributed by atoms with Gasteiger partial charge in [0, 0.05) is 13.0 Å². The summed E-state index contributed by atoms with van der Waals surface area (Å²) in [7, 11) is 1.87. The number of rotatable bonds is 5. The summed E-state index contributed by atoms with van der Waals surface area (Å²) in [5.74, 6) is -0.364. The van der Waals surface area contributed by atoms with Gasteiger partial charge in [0.15, 0.2) is 0 Å². The maximum absolute atomic E-state index is 12.1. The zero-order valence-electron chi connectivity index (χ0n) is 12.1. The maximum Gasteiger partial charge on any atom is 0.261 e. The molecular weight excluding hydrogens is 253 g/mol. The summed E-state index contributed by atoms with van der Waals surface area (Å²) >= 11 is 0. The average Bonchev–Trinajstić information content (AvgIpc) is 2.63. The molecule has 0 aromatic heterocycles. The second-order valence-electron chi connectivity index (χ2n) is 6.08. The molecule has 0 spiro atoms. The predicted molar refractivity (Wildman–Crippen MR) is 78.6 cm³/mol. The molecule has 4 nitrogen and oxygen atoms in total. The molecule has 0 radical (unpaired) electrons. The van der Waals surface area contributed by atoms with Crippen LogP contribution in [0.25, 0.3) is 0 Å². The van der Waals surface area contributed by atoms with Gasteiger partial charge in [-0.3, -0.25) is 19.3 Å². The highest BCUT2D eigenvalue weighted by atomic mass is 16.2. The van der Waals surface area contributed by atoms with Crippen molar-refractivity contribution in [2.24, 2.45) is 0 Å². The highest BCUT2D eigenvalue weighted by Crippen LogP contribution is 2.25. The summed E-state index contributed by atoms with van der Waals surface area (Å²) in [5.41, 5.74) is 0.916. The summed E-state index contributed by atoms with van der Waals surface area (Å²) in [4.78, 5) is 37.3. The molecule has 0 aliphatic carbocycles. The molecule has 5 heteroatoms. The smallest absolute Gasteiger partial charge is 0.261 e. The quantitative estimate of drug-likeness (QED) is 0.602. The summed E-state index contributed by atoms with van der Waals surface area (Å²) in [6, 6.07) is 6.82. The highest BCUT2D eigenvalue weighted by Gasteiger charge is 2.34. The lowest BCUT2D eigenvalue weighted by molar-refractivity contribution is -0.121. The number of imide groups is 1. The number of ketones is 1. The Morgan fingerprint density at radius 2 is 1.65 bits per heavy atom. The van der Waals surface area contributed by atoms with E-state index in [4.69, 9.17) is 0 Å². The van der Waals surface area contributed by atoms with Gasteiger partial charge in [0.1, 0.15) is 13.6 Å². The Hall–Kier alpha value is -1.91. The van der Waals surface area contributed by atoms with Gasteiger partial charge in [-0.2, -0.15) is 0 Å². The molecule has 2 rings (SSSR count). The number of Topliss-reactive ketones (excluding diaryl/α,β-unsaturated/α-hetero) is 1. The van der Waals surface area contributed by atoms with Crippen molar-refractivity contribution in [2.45, 2.75) is 32.0 Å². The lowest BCUT2D eigenvalue weighted by atomic mass is 9.68. The van der Waals surface area contributed by atoms with Gasteiger partial charge >= 0.3 is 0 Å². The van der Waals surface area contributed by atoms with Crippen molar-refractivity contribution in [3.8, 4) is 0 Å². The summed E-state index contributed by atoms with van der Waals surface area (Å²) < 4.78 is 0. The monoisotopic (exact) mass is 271 g/mol. The van der Waals surface area contributed by atoms with Crippen LogP contribution >= 0.6 is 0 Å². The zero-order chi connectivity index (χ0) is 14.9. The topological polar surface area (TPSA) is 54.5 Å². The minimum atomic E-state index is -0.373. The molecule has 1 aromatic carbocycles. The third-order valence-corrected chi connectivity index (χ3v) is 3.50.